The van der Waals surface area contributed by atoms with Crippen molar-refractivity contribution < 1.29 is 0 Å². The average molecular weight is 268 g/mol. The summed E-state index contributed by atoms with van der Waals surface area (Å²) in [6.07, 6.45) is 0.285. The van der Waals surface area contributed by atoms with Crippen LogP contribution in [0.15, 0.2) is 12.1 Å². The van der Waals surface area contributed by atoms with Gasteiger partial charge in [0.25, 0.3) is 0 Å². The number of alkyl halides is 2. The smallest absolute Gasteiger partial charge is 0.113 e. The molecule has 1 rings (SSSR count). The van der Waals surface area contributed by atoms with Crippen LogP contribution in [0, 0.1) is 6.92 Å². The monoisotopic (exact) mass is 266 g/mol. The zero-order valence-electron chi connectivity index (χ0n) is 7.45. The maximum Gasteiger partial charge on any atom is 0.119 e. The van der Waals surface area contributed by atoms with Crippen molar-refractivity contribution in [3.63, 3.8) is 0 Å². The molecular formula is C9H7BCl4. The minimum Gasteiger partial charge on any atom is -0.113 e. The Morgan fingerprint density at radius 2 is 1.79 bits per heavy atom. The lowest BCUT2D eigenvalue weighted by molar-refractivity contribution is 1.01. The molecule has 0 atom stereocenters. The number of benzene rings is 1. The van der Waals surface area contributed by atoms with Crippen LogP contribution in [0.4, 0.5) is 0 Å². The second-order valence-corrected chi connectivity index (χ2v) is 5.49. The fraction of sp³-hybridized carbons (Fsp3) is 0.333. The Hall–Kier alpha value is 0.445. The molecular weight excluding hydrogens is 261 g/mol. The summed E-state index contributed by atoms with van der Waals surface area (Å²) >= 11 is 23.2. The van der Waals surface area contributed by atoms with E-state index in [1.807, 2.05) is 13.0 Å². The largest absolute Gasteiger partial charge is 0.119 e. The van der Waals surface area contributed by atoms with Crippen molar-refractivity contribution in [2.45, 2.75) is 17.6 Å². The summed E-state index contributed by atoms with van der Waals surface area (Å²) in [5, 5.41) is 1.14. The van der Waals surface area contributed by atoms with E-state index in [-0.39, 0.29) is 6.42 Å². The van der Waals surface area contributed by atoms with Crippen molar-refractivity contribution in [1.29, 1.82) is 0 Å². The molecule has 0 nitrogen and oxygen atoms in total. The predicted octanol–water partition coefficient (Wildman–Crippen LogP) is 4.14. The molecule has 0 heterocycles. The average Bonchev–Trinajstić information content (AvgIpc) is 1.97. The lowest BCUT2D eigenvalue weighted by atomic mass is 9.95. The maximum absolute atomic E-state index is 5.95. The van der Waals surface area contributed by atoms with Gasteiger partial charge in [0.05, 0.1) is 4.23 Å². The molecule has 0 bridgehead atoms. The van der Waals surface area contributed by atoms with Gasteiger partial charge in [-0.1, -0.05) is 29.3 Å². The van der Waals surface area contributed by atoms with E-state index in [1.54, 1.807) is 6.07 Å². The van der Waals surface area contributed by atoms with Crippen LogP contribution in [-0.4, -0.2) is 12.1 Å². The van der Waals surface area contributed by atoms with E-state index in [1.165, 1.54) is 0 Å². The van der Waals surface area contributed by atoms with Crippen LogP contribution in [-0.2, 0) is 6.42 Å². The molecule has 0 aliphatic rings. The molecule has 14 heavy (non-hydrogen) atoms. The molecule has 0 fully saturated rings. The van der Waals surface area contributed by atoms with Crippen LogP contribution >= 0.6 is 46.4 Å². The first-order valence-corrected chi connectivity index (χ1v) is 5.42. The van der Waals surface area contributed by atoms with E-state index in [9.17, 15) is 0 Å². The van der Waals surface area contributed by atoms with Crippen molar-refractivity contribution in [2.75, 3.05) is 0 Å². The van der Waals surface area contributed by atoms with Crippen molar-refractivity contribution >= 4 is 54.3 Å². The molecule has 0 aliphatic carbocycles. The van der Waals surface area contributed by atoms with Gasteiger partial charge in [0.2, 0.25) is 0 Å². The topological polar surface area (TPSA) is 0 Å². The molecule has 74 valence electrons. The zero-order chi connectivity index (χ0) is 10.9. The van der Waals surface area contributed by atoms with Crippen LogP contribution in [0.3, 0.4) is 0 Å². The van der Waals surface area contributed by atoms with E-state index < -0.39 is 4.23 Å². The minimum atomic E-state index is -1.30. The summed E-state index contributed by atoms with van der Waals surface area (Å²) in [7, 11) is 5.46. The second kappa shape index (κ2) is 4.53. The molecule has 0 saturated heterocycles. The Labute approximate surface area is 105 Å². The lowest BCUT2D eigenvalue weighted by Crippen LogP contribution is -2.16. The number of aryl methyl sites for hydroxylation is 1. The fourth-order valence-corrected chi connectivity index (χ4v) is 1.84. The third-order valence-electron chi connectivity index (χ3n) is 1.75. The third kappa shape index (κ3) is 3.54. The van der Waals surface area contributed by atoms with E-state index in [2.05, 4.69) is 0 Å². The number of hydrogen-bond donors (Lipinski definition) is 0. The molecule has 0 unspecified atom stereocenters. The van der Waals surface area contributed by atoms with Crippen LogP contribution in [0.25, 0.3) is 0 Å². The van der Waals surface area contributed by atoms with E-state index in [4.69, 9.17) is 54.3 Å². The van der Waals surface area contributed by atoms with Gasteiger partial charge in [-0.3, -0.25) is 0 Å². The van der Waals surface area contributed by atoms with Gasteiger partial charge in [-0.2, -0.15) is 0 Å². The summed E-state index contributed by atoms with van der Waals surface area (Å²) in [5.41, 5.74) is 1.71. The standard InChI is InChI=1S/C9H7BCl4/c1-5-2-6(4-9(10,13)14)8(12)3-7(5)11/h2-3H,4H2,1H3. The van der Waals surface area contributed by atoms with Crippen molar-refractivity contribution in [1.82, 2.24) is 0 Å². The van der Waals surface area contributed by atoms with Crippen LogP contribution < -0.4 is 0 Å². The number of halogens is 4. The zero-order valence-corrected chi connectivity index (χ0v) is 10.5. The summed E-state index contributed by atoms with van der Waals surface area (Å²) in [6, 6.07) is 3.49. The summed E-state index contributed by atoms with van der Waals surface area (Å²) in [6.45, 7) is 1.88. The highest BCUT2D eigenvalue weighted by Gasteiger charge is 2.18. The van der Waals surface area contributed by atoms with Crippen molar-refractivity contribution in [2.24, 2.45) is 0 Å². The van der Waals surface area contributed by atoms with E-state index >= 15 is 0 Å². The lowest BCUT2D eigenvalue weighted by Gasteiger charge is -2.15. The molecule has 5 heteroatoms. The first-order valence-electron chi connectivity index (χ1n) is 3.91. The number of hydrogen-bond acceptors (Lipinski definition) is 0. The molecule has 0 aliphatic heterocycles. The Bertz CT molecular complexity index is 343. The summed E-state index contributed by atoms with van der Waals surface area (Å²) in [5.74, 6) is 0. The Morgan fingerprint density at radius 3 is 2.29 bits per heavy atom. The normalized spacial score (nSPS) is 11.8. The van der Waals surface area contributed by atoms with Gasteiger partial charge in [-0.25, -0.2) is 0 Å². The van der Waals surface area contributed by atoms with Crippen LogP contribution in [0.2, 0.25) is 10.0 Å². The first-order chi connectivity index (χ1) is 6.29. The van der Waals surface area contributed by atoms with Crippen molar-refractivity contribution in [3.8, 4) is 0 Å². The highest BCUT2D eigenvalue weighted by Crippen LogP contribution is 2.30. The quantitative estimate of drug-likeness (QED) is 0.558. The minimum absolute atomic E-state index is 0.285. The van der Waals surface area contributed by atoms with Gasteiger partial charge < -0.3 is 0 Å². The van der Waals surface area contributed by atoms with Crippen LogP contribution in [0.1, 0.15) is 11.1 Å². The summed E-state index contributed by atoms with van der Waals surface area (Å²) in [4.78, 5) is 0. The molecule has 0 aromatic heterocycles. The molecule has 1 aromatic rings. The highest BCUT2D eigenvalue weighted by molar-refractivity contribution is 6.65. The summed E-state index contributed by atoms with van der Waals surface area (Å²) < 4.78 is -1.30. The second-order valence-electron chi connectivity index (χ2n) is 3.13. The SMILES string of the molecule is [B]C(Cl)(Cl)Cc1cc(C)c(Cl)cc1Cl. The molecule has 0 saturated carbocycles. The number of rotatable bonds is 2. The van der Waals surface area contributed by atoms with Crippen LogP contribution in [0.5, 0.6) is 0 Å². The molecule has 0 amide bonds. The first kappa shape index (κ1) is 12.5. The third-order valence-corrected chi connectivity index (χ3v) is 2.78. The van der Waals surface area contributed by atoms with Gasteiger partial charge in [0.1, 0.15) is 7.85 Å². The Morgan fingerprint density at radius 1 is 1.21 bits per heavy atom. The predicted molar refractivity (Wildman–Crippen MR) is 65.1 cm³/mol. The van der Waals surface area contributed by atoms with Gasteiger partial charge >= 0.3 is 0 Å². The van der Waals surface area contributed by atoms with Gasteiger partial charge in [-0.15, -0.1) is 23.2 Å². The van der Waals surface area contributed by atoms with Gasteiger partial charge in [0.15, 0.2) is 0 Å². The van der Waals surface area contributed by atoms with E-state index in [0.717, 1.165) is 11.1 Å². The van der Waals surface area contributed by atoms with Gasteiger partial charge in [0, 0.05) is 10.0 Å². The fourth-order valence-electron chi connectivity index (χ4n) is 1.11. The maximum atomic E-state index is 5.95. The van der Waals surface area contributed by atoms with Gasteiger partial charge in [-0.05, 0) is 30.5 Å². The molecule has 1 aromatic carbocycles. The molecule has 0 spiro atoms. The van der Waals surface area contributed by atoms with Crippen molar-refractivity contribution in [3.05, 3.63) is 33.3 Å². The highest BCUT2D eigenvalue weighted by atomic mass is 35.5. The van der Waals surface area contributed by atoms with E-state index in [0.29, 0.717) is 10.0 Å². The molecule has 0 N–H and O–H groups in total. The molecule has 2 radical (unpaired) electrons. The Kier molecular flexibility index (Phi) is 4.05. The Balaban J connectivity index is 3.04.